The maximum absolute atomic E-state index is 14.4. The molecule has 0 aliphatic rings. The van der Waals surface area contributed by atoms with Gasteiger partial charge in [-0.25, -0.2) is 4.79 Å². The Balaban J connectivity index is 3.33. The van der Waals surface area contributed by atoms with Crippen molar-refractivity contribution in [3.8, 4) is 0 Å². The van der Waals surface area contributed by atoms with Crippen LogP contribution in [-0.4, -0.2) is 157 Å². The third-order valence-electron chi connectivity index (χ3n) is 17.3. The van der Waals surface area contributed by atoms with Gasteiger partial charge in [0.25, 0.3) is 0 Å². The number of nitrogens with two attached hydrogens (primary N) is 4. The molecule has 0 saturated carbocycles. The fourth-order valence-electron chi connectivity index (χ4n) is 11.3. The van der Waals surface area contributed by atoms with Gasteiger partial charge < -0.3 is 74.5 Å². The highest BCUT2D eigenvalue weighted by atomic mass is 32.2. The van der Waals surface area contributed by atoms with Gasteiger partial charge in [0.05, 0.1) is 13.0 Å². The smallest absolute Gasteiger partial charge is 0.326 e. The number of esters is 2. The number of aliphatic hydroxyl groups is 1. The van der Waals surface area contributed by atoms with Gasteiger partial charge in [-0.2, -0.15) is 11.8 Å². The summed E-state index contributed by atoms with van der Waals surface area (Å²) in [5.41, 5.74) is 23.6. The number of amides is 6. The predicted octanol–water partition coefficient (Wildman–Crippen LogP) is 8.88. The van der Waals surface area contributed by atoms with Crippen LogP contribution in [0, 0.1) is 0 Å². The van der Waals surface area contributed by atoms with Crippen LogP contribution in [0.2, 0.25) is 0 Å². The number of aliphatic hydroxyl groups excluding tert-OH is 1. The minimum atomic E-state index is -1.65. The van der Waals surface area contributed by atoms with E-state index >= 15 is 0 Å². The third-order valence-corrected chi connectivity index (χ3v) is 18.4. The SMILES string of the molecule is CCCCCCCCCCCCCCCC(=O)OCC(CSC[C@@H](NC(=O)Cc1ccccc1)C(=O)N[C@@H](CO)C(=O)N[C@@H](CCCCN)C(=O)N[C@@H](CCCCN)C(=O)N[C@@H](CCCCN)C(=O)N[C@@H](CCCCN)C(=O)O)OC(=O)CCCCCCCCCCCCCCC. The molecule has 0 spiro atoms. The Bertz CT molecular complexity index is 2240. The van der Waals surface area contributed by atoms with Crippen molar-refractivity contribution in [2.75, 3.05) is 50.9 Å². The Morgan fingerprint density at radius 1 is 0.402 bits per heavy atom. The Morgan fingerprint density at radius 2 is 0.742 bits per heavy atom. The lowest BCUT2D eigenvalue weighted by atomic mass is 10.0. The minimum absolute atomic E-state index is 0.0254. The van der Waals surface area contributed by atoms with E-state index in [2.05, 4.69) is 45.7 Å². The molecule has 6 amide bonds. The normalized spacial score (nSPS) is 13.4. The third kappa shape index (κ3) is 48.1. The lowest BCUT2D eigenvalue weighted by Crippen LogP contribution is -2.60. The Hall–Kier alpha value is -5.40. The van der Waals surface area contributed by atoms with Crippen LogP contribution in [0.15, 0.2) is 30.3 Å². The van der Waals surface area contributed by atoms with Gasteiger partial charge >= 0.3 is 17.9 Å². The summed E-state index contributed by atoms with van der Waals surface area (Å²) in [4.78, 5) is 123. The summed E-state index contributed by atoms with van der Waals surface area (Å²) < 4.78 is 11.7. The highest BCUT2D eigenvalue weighted by Crippen LogP contribution is 2.18. The van der Waals surface area contributed by atoms with E-state index in [4.69, 9.17) is 32.4 Å². The number of carbonyl (C=O) groups excluding carboxylic acids is 8. The number of ether oxygens (including phenoxy) is 2. The molecule has 97 heavy (non-hydrogen) atoms. The van der Waals surface area contributed by atoms with Gasteiger partial charge in [0.15, 0.2) is 0 Å². The largest absolute Gasteiger partial charge is 0.480 e. The van der Waals surface area contributed by atoms with Gasteiger partial charge in [0, 0.05) is 24.3 Å². The number of carboxylic acids is 1. The fourth-order valence-corrected chi connectivity index (χ4v) is 12.3. The lowest BCUT2D eigenvalue weighted by Gasteiger charge is -2.27. The highest BCUT2D eigenvalue weighted by molar-refractivity contribution is 7.99. The summed E-state index contributed by atoms with van der Waals surface area (Å²) in [6.45, 7) is 4.51. The molecule has 16 N–H and O–H groups in total. The van der Waals surface area contributed by atoms with Gasteiger partial charge in [0.2, 0.25) is 35.4 Å². The second kappa shape index (κ2) is 61.7. The molecule has 0 aliphatic heterocycles. The van der Waals surface area contributed by atoms with Gasteiger partial charge in [-0.15, -0.1) is 0 Å². The van der Waals surface area contributed by atoms with E-state index in [1.165, 1.54) is 116 Å². The molecule has 1 unspecified atom stereocenters. The number of unbranched alkanes of at least 4 members (excludes halogenated alkanes) is 28. The first-order valence-corrected chi connectivity index (χ1v) is 38.6. The number of thioether (sulfide) groups is 1. The van der Waals surface area contributed by atoms with Crippen LogP contribution in [-0.2, 0) is 59.0 Å². The van der Waals surface area contributed by atoms with Gasteiger partial charge in [-0.05, 0) is 122 Å². The van der Waals surface area contributed by atoms with Crippen LogP contribution in [0.3, 0.4) is 0 Å². The molecule has 1 rings (SSSR count). The summed E-state index contributed by atoms with van der Waals surface area (Å²) in [6.07, 6.45) is 33.5. The van der Waals surface area contributed by atoms with Gasteiger partial charge in [-0.3, -0.25) is 38.4 Å². The summed E-state index contributed by atoms with van der Waals surface area (Å²) in [7, 11) is 0. The average molecular weight is 1390 g/mol. The second-order valence-corrected chi connectivity index (χ2v) is 27.1. The van der Waals surface area contributed by atoms with Gasteiger partial charge in [-0.1, -0.05) is 198 Å². The zero-order valence-electron chi connectivity index (χ0n) is 59.7. The number of hydrogen-bond donors (Lipinski definition) is 12. The first-order chi connectivity index (χ1) is 47.1. The van der Waals surface area contributed by atoms with Crippen molar-refractivity contribution in [2.45, 2.75) is 319 Å². The molecule has 23 nitrogen and oxygen atoms in total. The van der Waals surface area contributed by atoms with Crippen molar-refractivity contribution in [2.24, 2.45) is 22.9 Å². The number of rotatable bonds is 66. The first kappa shape index (κ1) is 89.6. The van der Waals surface area contributed by atoms with E-state index in [1.807, 2.05) is 0 Å². The minimum Gasteiger partial charge on any atom is -0.480 e. The summed E-state index contributed by atoms with van der Waals surface area (Å²) in [6, 6.07) is 0.889. The van der Waals surface area contributed by atoms with Crippen molar-refractivity contribution in [1.29, 1.82) is 0 Å². The molecule has 1 aromatic carbocycles. The molecule has 0 aromatic heterocycles. The number of hydrogen-bond acceptors (Lipinski definition) is 17. The molecule has 24 heteroatoms. The summed E-state index contributed by atoms with van der Waals surface area (Å²) in [5, 5.41) is 36.5. The van der Waals surface area contributed by atoms with E-state index < -0.39 is 102 Å². The predicted molar refractivity (Wildman–Crippen MR) is 387 cm³/mol. The standard InChI is InChI=1S/C73H132N10O13S/c1-3-5-7-9-11-13-15-17-19-21-23-25-30-46-66(86)95-54-58(96-67(87)47-31-26-24-22-20-18-16-14-12-10-8-6-4-2)55-97-56-64(78-65(85)52-57-40-28-27-29-41-57)72(92)83-63(53-84)71(91)81-60(43-33-37-49-75)69(89)79-59(42-32-36-48-74)68(88)80-61(44-34-38-50-76)70(90)82-62(73(93)94)45-35-39-51-77/h27-29,40-41,58-64,84H,3-26,30-39,42-56,74-77H2,1-2H3,(H,78,85)(H,79,89)(H,80,88)(H,81,91)(H,82,90)(H,83,92)(H,93,94)/t58?,59-,60-,61-,62-,63-,64+/m0/s1. The monoisotopic (exact) mass is 1390 g/mol. The topological polar surface area (TPSA) is 389 Å². The summed E-state index contributed by atoms with van der Waals surface area (Å²) in [5.74, 6) is -6.70. The molecule has 0 radical (unpaired) electrons. The van der Waals surface area contributed by atoms with Crippen LogP contribution in [0.5, 0.6) is 0 Å². The fraction of sp³-hybridized carbons (Fsp3) is 0.795. The number of benzene rings is 1. The number of nitrogens with one attached hydrogen (secondary N) is 6. The van der Waals surface area contributed by atoms with Crippen molar-refractivity contribution in [1.82, 2.24) is 31.9 Å². The average Bonchev–Trinajstić information content (AvgIpc) is 0.924. The Morgan fingerprint density at radius 3 is 1.12 bits per heavy atom. The lowest BCUT2D eigenvalue weighted by molar-refractivity contribution is -0.157. The van der Waals surface area contributed by atoms with Crippen molar-refractivity contribution in [3.63, 3.8) is 0 Å². The van der Waals surface area contributed by atoms with E-state index in [-0.39, 0.29) is 76.1 Å². The number of aliphatic carboxylic acids is 1. The molecule has 7 atom stereocenters. The number of carboxylic acid groups (broad SMARTS) is 1. The Labute approximate surface area is 586 Å². The van der Waals surface area contributed by atoms with Crippen molar-refractivity contribution < 1.29 is 62.8 Å². The Kier molecular flexibility index (Phi) is 57.0. The molecular formula is C73H132N10O13S. The van der Waals surface area contributed by atoms with E-state index in [0.29, 0.717) is 82.9 Å². The zero-order chi connectivity index (χ0) is 71.4. The molecule has 0 fully saturated rings. The highest BCUT2D eigenvalue weighted by Gasteiger charge is 2.34. The van der Waals surface area contributed by atoms with E-state index in [9.17, 15) is 53.4 Å². The van der Waals surface area contributed by atoms with E-state index in [1.54, 1.807) is 30.3 Å². The summed E-state index contributed by atoms with van der Waals surface area (Å²) >= 11 is 1.16. The van der Waals surface area contributed by atoms with Crippen molar-refractivity contribution in [3.05, 3.63) is 35.9 Å². The molecule has 0 saturated heterocycles. The first-order valence-electron chi connectivity index (χ1n) is 37.5. The molecule has 0 bridgehead atoms. The maximum Gasteiger partial charge on any atom is 0.326 e. The maximum atomic E-state index is 14.4. The van der Waals surface area contributed by atoms with Crippen LogP contribution >= 0.6 is 11.8 Å². The molecular weight excluding hydrogens is 1260 g/mol. The van der Waals surface area contributed by atoms with Crippen LogP contribution in [0.4, 0.5) is 0 Å². The number of carbonyl (C=O) groups is 9. The molecule has 0 heterocycles. The van der Waals surface area contributed by atoms with Crippen molar-refractivity contribution >= 4 is 65.1 Å². The second-order valence-electron chi connectivity index (χ2n) is 26.1. The van der Waals surface area contributed by atoms with Crippen LogP contribution in [0.25, 0.3) is 0 Å². The van der Waals surface area contributed by atoms with Crippen LogP contribution in [0.1, 0.15) is 276 Å². The molecule has 0 aliphatic carbocycles. The zero-order valence-corrected chi connectivity index (χ0v) is 60.5. The molecule has 558 valence electrons. The molecule has 1 aromatic rings. The van der Waals surface area contributed by atoms with E-state index in [0.717, 1.165) is 50.3 Å². The quantitative estimate of drug-likeness (QED) is 0.0214. The van der Waals surface area contributed by atoms with Crippen LogP contribution < -0.4 is 54.8 Å². The van der Waals surface area contributed by atoms with Gasteiger partial charge in [0.1, 0.15) is 49.0 Å².